The average molecular weight is 471 g/mol. The molecule has 0 unspecified atom stereocenters. The summed E-state index contributed by atoms with van der Waals surface area (Å²) in [5.41, 5.74) is 1.91. The minimum absolute atomic E-state index is 0.110. The van der Waals surface area contributed by atoms with Gasteiger partial charge >= 0.3 is 0 Å². The first-order valence-electron chi connectivity index (χ1n) is 8.60. The minimum Gasteiger partial charge on any atom is -0.489 e. The van der Waals surface area contributed by atoms with Gasteiger partial charge in [-0.2, -0.15) is 0 Å². The standard InChI is InChI=1S/C19H23Cl4NO4/c1-4-14-11-15(26-8-6-16(20)21)10-13(3)19(14)27-12-18(25-5-2)24-28-9-7-17(22)23/h6-7,10-11H,4-5,8-9,12H2,1-3H3. The molecule has 28 heavy (non-hydrogen) atoms. The van der Waals surface area contributed by atoms with Gasteiger partial charge in [0.1, 0.15) is 33.7 Å². The lowest BCUT2D eigenvalue weighted by Crippen LogP contribution is -2.17. The normalized spacial score (nSPS) is 10.9. The summed E-state index contributed by atoms with van der Waals surface area (Å²) in [7, 11) is 0. The van der Waals surface area contributed by atoms with Crippen molar-refractivity contribution in [1.29, 1.82) is 0 Å². The van der Waals surface area contributed by atoms with Gasteiger partial charge in [-0.15, -0.1) is 0 Å². The highest BCUT2D eigenvalue weighted by Gasteiger charge is 2.12. The Labute approximate surface area is 185 Å². The molecule has 0 bridgehead atoms. The fourth-order valence-electron chi connectivity index (χ4n) is 2.17. The van der Waals surface area contributed by atoms with Gasteiger partial charge in [-0.3, -0.25) is 0 Å². The monoisotopic (exact) mass is 469 g/mol. The van der Waals surface area contributed by atoms with E-state index in [1.165, 1.54) is 6.08 Å². The van der Waals surface area contributed by atoms with Crippen molar-refractivity contribution in [2.45, 2.75) is 27.2 Å². The summed E-state index contributed by atoms with van der Waals surface area (Å²) >= 11 is 22.2. The molecule has 156 valence electrons. The smallest absolute Gasteiger partial charge is 0.264 e. The van der Waals surface area contributed by atoms with E-state index in [1.54, 1.807) is 6.08 Å². The van der Waals surface area contributed by atoms with E-state index in [-0.39, 0.29) is 28.8 Å². The van der Waals surface area contributed by atoms with Crippen LogP contribution in [-0.2, 0) is 16.0 Å². The van der Waals surface area contributed by atoms with Crippen LogP contribution in [0.4, 0.5) is 0 Å². The molecule has 0 spiro atoms. The highest BCUT2D eigenvalue weighted by molar-refractivity contribution is 6.56. The zero-order valence-corrected chi connectivity index (χ0v) is 19.0. The minimum atomic E-state index is 0.110. The number of hydrogen-bond acceptors (Lipinski definition) is 5. The second-order valence-electron chi connectivity index (χ2n) is 5.38. The molecule has 0 aliphatic rings. The van der Waals surface area contributed by atoms with E-state index in [4.69, 9.17) is 65.5 Å². The largest absolute Gasteiger partial charge is 0.489 e. The molecule has 0 radical (unpaired) electrons. The maximum absolute atomic E-state index is 5.94. The molecular formula is C19H23Cl4NO4. The Kier molecular flexibility index (Phi) is 12.2. The van der Waals surface area contributed by atoms with Gasteiger partial charge in [-0.05, 0) is 60.8 Å². The quantitative estimate of drug-likeness (QED) is 0.164. The molecule has 0 heterocycles. The van der Waals surface area contributed by atoms with Gasteiger partial charge in [0.15, 0.2) is 6.61 Å². The molecule has 0 saturated carbocycles. The predicted octanol–water partition coefficient (Wildman–Crippen LogP) is 6.32. The highest BCUT2D eigenvalue weighted by atomic mass is 35.5. The summed E-state index contributed by atoms with van der Waals surface area (Å²) in [5.74, 6) is 1.77. The molecular weight excluding hydrogens is 448 g/mol. The molecule has 0 N–H and O–H groups in total. The molecule has 0 fully saturated rings. The van der Waals surface area contributed by atoms with Crippen molar-refractivity contribution in [3.05, 3.63) is 44.4 Å². The van der Waals surface area contributed by atoms with Crippen LogP contribution in [0, 0.1) is 6.92 Å². The van der Waals surface area contributed by atoms with E-state index in [0.717, 1.165) is 23.3 Å². The number of aryl methyl sites for hydroxylation is 2. The molecule has 0 aliphatic carbocycles. The molecule has 0 atom stereocenters. The Bertz CT molecular complexity index is 712. The zero-order chi connectivity index (χ0) is 20.9. The number of rotatable bonds is 11. The number of nitrogens with zero attached hydrogens (tertiary/aromatic N) is 1. The van der Waals surface area contributed by atoms with E-state index >= 15 is 0 Å². The van der Waals surface area contributed by atoms with Gasteiger partial charge in [0, 0.05) is 0 Å². The van der Waals surface area contributed by atoms with Crippen molar-refractivity contribution in [3.8, 4) is 11.5 Å². The van der Waals surface area contributed by atoms with Crippen LogP contribution in [0.2, 0.25) is 0 Å². The van der Waals surface area contributed by atoms with Crippen LogP contribution < -0.4 is 9.47 Å². The summed E-state index contributed by atoms with van der Waals surface area (Å²) in [4.78, 5) is 5.11. The third kappa shape index (κ3) is 9.78. The zero-order valence-electron chi connectivity index (χ0n) is 15.9. The van der Waals surface area contributed by atoms with Crippen LogP contribution in [0.5, 0.6) is 11.5 Å². The van der Waals surface area contributed by atoms with Gasteiger partial charge in [0.25, 0.3) is 5.90 Å². The summed E-state index contributed by atoms with van der Waals surface area (Å²) in [6.07, 6.45) is 3.81. The Hall–Kier alpha value is -1.27. The molecule has 0 aromatic heterocycles. The molecule has 1 aromatic carbocycles. The van der Waals surface area contributed by atoms with Crippen LogP contribution >= 0.6 is 46.4 Å². The molecule has 9 heteroatoms. The SMILES string of the molecule is CCOC(COc1c(C)cc(OCC=C(Cl)Cl)cc1CC)=NOCC=C(Cl)Cl. The van der Waals surface area contributed by atoms with Gasteiger partial charge in [0.2, 0.25) is 0 Å². The Morgan fingerprint density at radius 1 is 1.00 bits per heavy atom. The molecule has 0 aliphatic heterocycles. The molecule has 5 nitrogen and oxygen atoms in total. The van der Waals surface area contributed by atoms with Gasteiger partial charge < -0.3 is 19.0 Å². The van der Waals surface area contributed by atoms with Crippen molar-refractivity contribution in [3.63, 3.8) is 0 Å². The van der Waals surface area contributed by atoms with Crippen LogP contribution in [0.1, 0.15) is 25.0 Å². The summed E-state index contributed by atoms with van der Waals surface area (Å²) < 4.78 is 17.3. The van der Waals surface area contributed by atoms with E-state index < -0.39 is 0 Å². The molecule has 1 rings (SSSR count). The molecule has 1 aromatic rings. The number of oxime groups is 1. The van der Waals surface area contributed by atoms with Crippen LogP contribution in [0.25, 0.3) is 0 Å². The van der Waals surface area contributed by atoms with Gasteiger partial charge in [-0.1, -0.05) is 53.3 Å². The second-order valence-corrected chi connectivity index (χ2v) is 7.40. The van der Waals surface area contributed by atoms with Gasteiger partial charge in [-0.25, -0.2) is 0 Å². The van der Waals surface area contributed by atoms with Crippen LogP contribution in [0.3, 0.4) is 0 Å². The lowest BCUT2D eigenvalue weighted by molar-refractivity contribution is 0.152. The lowest BCUT2D eigenvalue weighted by atomic mass is 10.1. The topological polar surface area (TPSA) is 49.3 Å². The third-order valence-corrected chi connectivity index (χ3v) is 3.94. The molecule has 0 saturated heterocycles. The van der Waals surface area contributed by atoms with Crippen molar-refractivity contribution in [2.24, 2.45) is 5.16 Å². The van der Waals surface area contributed by atoms with E-state index in [9.17, 15) is 0 Å². The Morgan fingerprint density at radius 3 is 2.29 bits per heavy atom. The van der Waals surface area contributed by atoms with Crippen molar-refractivity contribution in [2.75, 3.05) is 26.4 Å². The fourth-order valence-corrected chi connectivity index (χ4v) is 2.42. The first-order chi connectivity index (χ1) is 13.4. The Balaban J connectivity index is 2.83. The van der Waals surface area contributed by atoms with Crippen molar-refractivity contribution < 1.29 is 19.0 Å². The maximum Gasteiger partial charge on any atom is 0.264 e. The second kappa shape index (κ2) is 13.8. The maximum atomic E-state index is 5.94. The van der Waals surface area contributed by atoms with Crippen molar-refractivity contribution in [1.82, 2.24) is 0 Å². The lowest BCUT2D eigenvalue weighted by Gasteiger charge is -2.16. The third-order valence-electron chi connectivity index (χ3n) is 3.32. The number of benzene rings is 1. The van der Waals surface area contributed by atoms with E-state index in [0.29, 0.717) is 18.3 Å². The van der Waals surface area contributed by atoms with E-state index in [2.05, 4.69) is 5.16 Å². The average Bonchev–Trinajstić information content (AvgIpc) is 2.63. The van der Waals surface area contributed by atoms with Crippen molar-refractivity contribution >= 4 is 52.3 Å². The predicted molar refractivity (Wildman–Crippen MR) is 116 cm³/mol. The highest BCUT2D eigenvalue weighted by Crippen LogP contribution is 2.30. The number of hydrogen-bond donors (Lipinski definition) is 0. The van der Waals surface area contributed by atoms with Crippen LogP contribution in [0.15, 0.2) is 38.4 Å². The van der Waals surface area contributed by atoms with E-state index in [1.807, 2.05) is 32.9 Å². The summed E-state index contributed by atoms with van der Waals surface area (Å²) in [6, 6.07) is 3.80. The molecule has 0 amide bonds. The first kappa shape index (κ1) is 24.8. The number of ether oxygens (including phenoxy) is 3. The Morgan fingerprint density at radius 2 is 1.68 bits per heavy atom. The van der Waals surface area contributed by atoms with Crippen LogP contribution in [-0.4, -0.2) is 32.3 Å². The first-order valence-corrected chi connectivity index (χ1v) is 10.1. The summed E-state index contributed by atoms with van der Waals surface area (Å²) in [6.45, 7) is 6.78. The van der Waals surface area contributed by atoms with Gasteiger partial charge in [0.05, 0.1) is 6.61 Å². The summed E-state index contributed by atoms with van der Waals surface area (Å²) in [5, 5.41) is 3.91. The fraction of sp³-hybridized carbons (Fsp3) is 0.421. The number of halogens is 4.